The van der Waals surface area contributed by atoms with Gasteiger partial charge in [-0.25, -0.2) is 9.97 Å². The van der Waals surface area contributed by atoms with E-state index in [1.54, 1.807) is 12.4 Å². The number of aromatic nitrogens is 2. The number of hydrogen-bond donors (Lipinski definition) is 2. The van der Waals surface area contributed by atoms with Crippen LogP contribution in [-0.4, -0.2) is 58.8 Å². The second kappa shape index (κ2) is 10.7. The Labute approximate surface area is 206 Å². The van der Waals surface area contributed by atoms with E-state index < -0.39 is 6.29 Å². The summed E-state index contributed by atoms with van der Waals surface area (Å²) in [5.74, 6) is 0.929. The van der Waals surface area contributed by atoms with Crippen LogP contribution in [0.1, 0.15) is 36.0 Å². The molecule has 2 saturated heterocycles. The van der Waals surface area contributed by atoms with Crippen LogP contribution in [0.4, 0.5) is 11.6 Å². The number of aliphatic hydroxyl groups excluding tert-OH is 1. The van der Waals surface area contributed by atoms with Crippen LogP contribution in [0, 0.1) is 5.92 Å². The highest BCUT2D eigenvalue weighted by Crippen LogP contribution is 2.42. The van der Waals surface area contributed by atoms with Gasteiger partial charge < -0.3 is 25.2 Å². The van der Waals surface area contributed by atoms with E-state index in [1.807, 2.05) is 54.6 Å². The number of nitrogen functional groups attached to an aromatic ring is 1. The molecule has 0 amide bonds. The molecule has 0 bridgehead atoms. The second-order valence-corrected chi connectivity index (χ2v) is 9.33. The summed E-state index contributed by atoms with van der Waals surface area (Å²) in [4.78, 5) is 13.5. The fraction of sp³-hybridized carbons (Fsp3) is 0.407. The molecule has 35 heavy (non-hydrogen) atoms. The van der Waals surface area contributed by atoms with E-state index >= 15 is 0 Å². The summed E-state index contributed by atoms with van der Waals surface area (Å²) in [5, 5.41) is 9.44. The molecule has 3 N–H and O–H groups in total. The maximum atomic E-state index is 9.44. The molecule has 2 fully saturated rings. The highest BCUT2D eigenvalue weighted by atomic mass is 16.7. The van der Waals surface area contributed by atoms with Crippen LogP contribution >= 0.6 is 0 Å². The number of nitrogens with zero attached hydrogens (tertiary/aromatic N) is 4. The summed E-state index contributed by atoms with van der Waals surface area (Å²) in [6, 6.07) is 17.6. The van der Waals surface area contributed by atoms with Crippen LogP contribution in [0.5, 0.6) is 0 Å². The minimum atomic E-state index is -0.499. The van der Waals surface area contributed by atoms with Crippen LogP contribution in [0.15, 0.2) is 67.0 Å². The topological polar surface area (TPSA) is 97.0 Å². The Morgan fingerprint density at radius 3 is 2.37 bits per heavy atom. The van der Waals surface area contributed by atoms with E-state index in [2.05, 4.69) is 26.7 Å². The van der Waals surface area contributed by atoms with Crippen LogP contribution < -0.4 is 10.6 Å². The number of piperazine rings is 1. The zero-order valence-electron chi connectivity index (χ0n) is 20.0. The summed E-state index contributed by atoms with van der Waals surface area (Å²) in [6.45, 7) is 6.64. The lowest BCUT2D eigenvalue weighted by molar-refractivity contribution is -0.276. The van der Waals surface area contributed by atoms with Crippen molar-refractivity contribution in [1.29, 1.82) is 0 Å². The van der Waals surface area contributed by atoms with Gasteiger partial charge in [0.1, 0.15) is 0 Å². The highest BCUT2D eigenvalue weighted by molar-refractivity contribution is 5.41. The summed E-state index contributed by atoms with van der Waals surface area (Å²) < 4.78 is 13.1. The normalized spacial score (nSPS) is 25.5. The van der Waals surface area contributed by atoms with Crippen LogP contribution in [0.2, 0.25) is 0 Å². The van der Waals surface area contributed by atoms with Crippen molar-refractivity contribution >= 4 is 11.6 Å². The lowest BCUT2D eigenvalue weighted by Gasteiger charge is -2.44. The molecule has 5 rings (SSSR count). The van der Waals surface area contributed by atoms with Crippen molar-refractivity contribution < 1.29 is 14.6 Å². The Balaban J connectivity index is 1.32. The van der Waals surface area contributed by atoms with E-state index in [0.29, 0.717) is 5.69 Å². The van der Waals surface area contributed by atoms with Crippen molar-refractivity contribution in [2.75, 3.05) is 43.4 Å². The minimum absolute atomic E-state index is 0.0165. The maximum absolute atomic E-state index is 9.44. The molecule has 0 saturated carbocycles. The molecule has 2 aliphatic rings. The molecule has 184 valence electrons. The number of hydrogen-bond acceptors (Lipinski definition) is 8. The number of anilines is 2. The zero-order valence-corrected chi connectivity index (χ0v) is 20.0. The van der Waals surface area contributed by atoms with Gasteiger partial charge >= 0.3 is 0 Å². The Hall–Kier alpha value is -3.04. The molecule has 4 unspecified atom stereocenters. The van der Waals surface area contributed by atoms with Gasteiger partial charge in [-0.1, -0.05) is 43.3 Å². The monoisotopic (exact) mass is 475 g/mol. The van der Waals surface area contributed by atoms with E-state index in [1.165, 1.54) is 0 Å². The molecule has 1 aromatic heterocycles. The lowest BCUT2D eigenvalue weighted by Crippen LogP contribution is -2.51. The first-order chi connectivity index (χ1) is 17.1. The van der Waals surface area contributed by atoms with Gasteiger partial charge in [-0.15, -0.1) is 0 Å². The van der Waals surface area contributed by atoms with E-state index in [4.69, 9.17) is 15.2 Å². The van der Waals surface area contributed by atoms with Crippen molar-refractivity contribution in [1.82, 2.24) is 14.9 Å². The zero-order chi connectivity index (χ0) is 24.2. The Morgan fingerprint density at radius 2 is 1.69 bits per heavy atom. The number of nitrogens with two attached hydrogens (primary N) is 1. The van der Waals surface area contributed by atoms with Crippen molar-refractivity contribution in [3.63, 3.8) is 0 Å². The Morgan fingerprint density at radius 1 is 0.943 bits per heavy atom. The smallest absolute Gasteiger partial charge is 0.225 e. The quantitative estimate of drug-likeness (QED) is 0.525. The fourth-order valence-electron chi connectivity index (χ4n) is 4.87. The molecule has 0 aliphatic carbocycles. The van der Waals surface area contributed by atoms with E-state index in [9.17, 15) is 5.11 Å². The molecular weight excluding hydrogens is 442 g/mol. The number of benzene rings is 2. The first kappa shape index (κ1) is 23.7. The van der Waals surface area contributed by atoms with Gasteiger partial charge in [0.25, 0.3) is 0 Å². The third-order valence-electron chi connectivity index (χ3n) is 6.95. The summed E-state index contributed by atoms with van der Waals surface area (Å²) >= 11 is 0. The van der Waals surface area contributed by atoms with Crippen molar-refractivity contribution in [2.45, 2.75) is 32.0 Å². The third-order valence-corrected chi connectivity index (χ3v) is 6.95. The van der Waals surface area contributed by atoms with Gasteiger partial charge in [0.2, 0.25) is 5.95 Å². The van der Waals surface area contributed by atoms with Crippen LogP contribution in [0.25, 0.3) is 0 Å². The molecular formula is C27H33N5O3. The van der Waals surface area contributed by atoms with Gasteiger partial charge in [-0.3, -0.25) is 4.90 Å². The minimum Gasteiger partial charge on any atom is -0.399 e. The van der Waals surface area contributed by atoms with Crippen LogP contribution in [0.3, 0.4) is 0 Å². The predicted octanol–water partition coefficient (Wildman–Crippen LogP) is 3.16. The molecule has 8 nitrogen and oxygen atoms in total. The van der Waals surface area contributed by atoms with Crippen LogP contribution in [-0.2, 0) is 16.1 Å². The van der Waals surface area contributed by atoms with Gasteiger partial charge in [0.15, 0.2) is 6.29 Å². The largest absolute Gasteiger partial charge is 0.399 e. The average molecular weight is 476 g/mol. The second-order valence-electron chi connectivity index (χ2n) is 9.33. The molecule has 3 aromatic rings. The van der Waals surface area contributed by atoms with Gasteiger partial charge in [0.05, 0.1) is 18.8 Å². The van der Waals surface area contributed by atoms with Crippen molar-refractivity contribution in [3.8, 4) is 0 Å². The van der Waals surface area contributed by atoms with E-state index in [0.717, 1.165) is 55.4 Å². The molecule has 0 radical (unpaired) electrons. The average Bonchev–Trinajstić information content (AvgIpc) is 2.91. The third kappa shape index (κ3) is 5.46. The summed E-state index contributed by atoms with van der Waals surface area (Å²) in [5.41, 5.74) is 9.64. The number of aliphatic hydroxyl groups is 1. The Kier molecular flexibility index (Phi) is 7.24. The number of rotatable bonds is 6. The SMILES string of the molecule is CC1C(CN2CCN(c3ncccn3)CC2)OC(c2cccc(N)c2)OC1c1ccc(CO)cc1. The van der Waals surface area contributed by atoms with Gasteiger partial charge in [0, 0.05) is 62.3 Å². The molecule has 0 spiro atoms. The molecule has 8 heteroatoms. The summed E-state index contributed by atoms with van der Waals surface area (Å²) in [7, 11) is 0. The predicted molar refractivity (Wildman–Crippen MR) is 135 cm³/mol. The fourth-order valence-corrected chi connectivity index (χ4v) is 4.87. The summed E-state index contributed by atoms with van der Waals surface area (Å²) in [6.07, 6.45) is 2.93. The van der Waals surface area contributed by atoms with Crippen molar-refractivity contribution in [3.05, 3.63) is 83.7 Å². The highest BCUT2D eigenvalue weighted by Gasteiger charge is 2.39. The molecule has 3 heterocycles. The van der Waals surface area contributed by atoms with Gasteiger partial charge in [-0.05, 0) is 29.3 Å². The Bertz CT molecular complexity index is 1090. The van der Waals surface area contributed by atoms with Gasteiger partial charge in [-0.2, -0.15) is 0 Å². The lowest BCUT2D eigenvalue weighted by atomic mass is 9.90. The first-order valence-corrected chi connectivity index (χ1v) is 12.2. The molecule has 4 atom stereocenters. The number of ether oxygens (including phenoxy) is 2. The van der Waals surface area contributed by atoms with E-state index in [-0.39, 0.29) is 24.7 Å². The maximum Gasteiger partial charge on any atom is 0.225 e. The van der Waals surface area contributed by atoms with Crippen molar-refractivity contribution in [2.24, 2.45) is 5.92 Å². The first-order valence-electron chi connectivity index (χ1n) is 12.2. The standard InChI is InChI=1S/C27H33N5O3/c1-19-24(17-31-12-14-32(15-13-31)27-29-10-3-11-30-27)34-26(22-4-2-5-23(28)16-22)35-25(19)21-8-6-20(18-33)7-9-21/h2-11,16,19,24-26,33H,12-15,17-18,28H2,1H3. The molecule has 2 aliphatic heterocycles. The molecule has 2 aromatic carbocycles.